The van der Waals surface area contributed by atoms with Crippen molar-refractivity contribution in [3.05, 3.63) is 23.8 Å². The second-order valence-corrected chi connectivity index (χ2v) is 5.19. The van der Waals surface area contributed by atoms with E-state index in [1.54, 1.807) is 19.1 Å². The van der Waals surface area contributed by atoms with E-state index < -0.39 is 0 Å². The number of carbonyl (C=O) groups excluding carboxylic acids is 1. The molecule has 0 heterocycles. The largest absolute Gasteiger partial charge is 0.462 e. The van der Waals surface area contributed by atoms with Gasteiger partial charge in [-0.25, -0.2) is 4.79 Å². The average Bonchev–Trinajstić information content (AvgIpc) is 3.06. The number of nitrogens with two attached hydrogens (primary N) is 1. The fourth-order valence-electron chi connectivity index (χ4n) is 1.76. The highest BCUT2D eigenvalue weighted by Crippen LogP contribution is 2.44. The van der Waals surface area contributed by atoms with Crippen molar-refractivity contribution in [2.45, 2.75) is 26.7 Å². The van der Waals surface area contributed by atoms with E-state index in [0.29, 0.717) is 23.3 Å². The third-order valence-corrected chi connectivity index (χ3v) is 3.37. The number of benzene rings is 1. The van der Waals surface area contributed by atoms with Gasteiger partial charge < -0.3 is 15.8 Å². The predicted octanol–water partition coefficient (Wildman–Crippen LogP) is 2.66. The lowest BCUT2D eigenvalue weighted by molar-refractivity contribution is 0.0526. The molecule has 1 aromatic carbocycles. The average molecular weight is 248 g/mol. The van der Waals surface area contributed by atoms with Crippen LogP contribution in [0.2, 0.25) is 0 Å². The van der Waals surface area contributed by atoms with E-state index in [2.05, 4.69) is 12.2 Å². The minimum atomic E-state index is -0.329. The van der Waals surface area contributed by atoms with Crippen LogP contribution >= 0.6 is 0 Å². The quantitative estimate of drug-likeness (QED) is 0.621. The predicted molar refractivity (Wildman–Crippen MR) is 72.6 cm³/mol. The van der Waals surface area contributed by atoms with Crippen LogP contribution < -0.4 is 11.1 Å². The summed E-state index contributed by atoms with van der Waals surface area (Å²) in [6.45, 7) is 5.34. The van der Waals surface area contributed by atoms with Crippen molar-refractivity contribution in [2.75, 3.05) is 24.2 Å². The van der Waals surface area contributed by atoms with Gasteiger partial charge in [0, 0.05) is 6.54 Å². The second kappa shape index (κ2) is 4.88. The van der Waals surface area contributed by atoms with Gasteiger partial charge in [-0.15, -0.1) is 0 Å². The van der Waals surface area contributed by atoms with Gasteiger partial charge in [-0.05, 0) is 43.4 Å². The Kier molecular flexibility index (Phi) is 3.45. The van der Waals surface area contributed by atoms with Gasteiger partial charge >= 0.3 is 5.97 Å². The van der Waals surface area contributed by atoms with Gasteiger partial charge in [0.25, 0.3) is 0 Å². The molecular formula is C14H20N2O2. The van der Waals surface area contributed by atoms with Crippen LogP contribution in [-0.2, 0) is 4.74 Å². The number of rotatable bonds is 5. The summed E-state index contributed by atoms with van der Waals surface area (Å²) in [6.07, 6.45) is 2.53. The molecule has 18 heavy (non-hydrogen) atoms. The van der Waals surface area contributed by atoms with Crippen LogP contribution in [-0.4, -0.2) is 19.1 Å². The van der Waals surface area contributed by atoms with Crippen molar-refractivity contribution in [3.8, 4) is 0 Å². The minimum Gasteiger partial charge on any atom is -0.462 e. The fraction of sp³-hybridized carbons (Fsp3) is 0.500. The van der Waals surface area contributed by atoms with E-state index >= 15 is 0 Å². The molecule has 1 aliphatic rings. The normalized spacial score (nSPS) is 16.1. The summed E-state index contributed by atoms with van der Waals surface area (Å²) in [4.78, 5) is 11.5. The maximum atomic E-state index is 11.5. The van der Waals surface area contributed by atoms with Crippen LogP contribution in [0, 0.1) is 5.41 Å². The van der Waals surface area contributed by atoms with Gasteiger partial charge in [-0.1, -0.05) is 6.92 Å². The second-order valence-electron chi connectivity index (χ2n) is 5.19. The van der Waals surface area contributed by atoms with E-state index in [4.69, 9.17) is 10.5 Å². The number of esters is 1. The van der Waals surface area contributed by atoms with Crippen LogP contribution in [0.5, 0.6) is 0 Å². The molecule has 1 fully saturated rings. The molecule has 2 rings (SSSR count). The number of anilines is 2. The van der Waals surface area contributed by atoms with Crippen LogP contribution in [0.25, 0.3) is 0 Å². The Morgan fingerprint density at radius 1 is 1.50 bits per heavy atom. The Bertz CT molecular complexity index is 453. The molecule has 1 saturated carbocycles. The molecule has 0 unspecified atom stereocenters. The molecule has 0 saturated heterocycles. The maximum Gasteiger partial charge on any atom is 0.338 e. The molecule has 4 nitrogen and oxygen atoms in total. The molecule has 0 aromatic heterocycles. The van der Waals surface area contributed by atoms with Gasteiger partial charge in [0.2, 0.25) is 0 Å². The van der Waals surface area contributed by atoms with Gasteiger partial charge in [0.05, 0.1) is 23.5 Å². The molecule has 0 amide bonds. The summed E-state index contributed by atoms with van der Waals surface area (Å²) in [6, 6.07) is 5.24. The van der Waals surface area contributed by atoms with E-state index in [1.807, 2.05) is 6.07 Å². The zero-order chi connectivity index (χ0) is 13.2. The summed E-state index contributed by atoms with van der Waals surface area (Å²) in [5, 5.41) is 3.34. The Morgan fingerprint density at radius 3 is 2.78 bits per heavy atom. The van der Waals surface area contributed by atoms with Crippen molar-refractivity contribution in [3.63, 3.8) is 0 Å². The van der Waals surface area contributed by atoms with Gasteiger partial charge in [0.15, 0.2) is 0 Å². The van der Waals surface area contributed by atoms with Gasteiger partial charge in [0.1, 0.15) is 0 Å². The van der Waals surface area contributed by atoms with Crippen molar-refractivity contribution < 1.29 is 9.53 Å². The molecule has 1 aromatic rings. The highest BCUT2D eigenvalue weighted by molar-refractivity contribution is 5.91. The number of hydrogen-bond donors (Lipinski definition) is 2. The molecule has 0 atom stereocenters. The van der Waals surface area contributed by atoms with Gasteiger partial charge in [-0.2, -0.15) is 0 Å². The number of nitrogen functional groups attached to an aromatic ring is 1. The topological polar surface area (TPSA) is 64.3 Å². The minimum absolute atomic E-state index is 0.329. The SMILES string of the molecule is CCOC(=O)c1ccc(NCC2(C)CC2)c(N)c1. The number of nitrogens with one attached hydrogen (secondary N) is 1. The monoisotopic (exact) mass is 248 g/mol. The van der Waals surface area contributed by atoms with Crippen molar-refractivity contribution in [2.24, 2.45) is 5.41 Å². The number of hydrogen-bond acceptors (Lipinski definition) is 4. The molecular weight excluding hydrogens is 228 g/mol. The first-order valence-corrected chi connectivity index (χ1v) is 6.34. The summed E-state index contributed by atoms with van der Waals surface area (Å²) in [5.41, 5.74) is 8.33. The Labute approximate surface area is 108 Å². The molecule has 3 N–H and O–H groups in total. The van der Waals surface area contributed by atoms with Gasteiger partial charge in [-0.3, -0.25) is 0 Å². The Hall–Kier alpha value is -1.71. The van der Waals surface area contributed by atoms with Crippen molar-refractivity contribution in [1.29, 1.82) is 0 Å². The highest BCUT2D eigenvalue weighted by atomic mass is 16.5. The van der Waals surface area contributed by atoms with E-state index in [1.165, 1.54) is 12.8 Å². The third-order valence-electron chi connectivity index (χ3n) is 3.37. The zero-order valence-corrected chi connectivity index (χ0v) is 11.0. The first kappa shape index (κ1) is 12.7. The highest BCUT2D eigenvalue weighted by Gasteiger charge is 2.36. The maximum absolute atomic E-state index is 11.5. The molecule has 1 aliphatic carbocycles. The van der Waals surface area contributed by atoms with E-state index in [0.717, 1.165) is 12.2 Å². The standard InChI is InChI=1S/C14H20N2O2/c1-3-18-13(17)10-4-5-12(11(15)8-10)16-9-14(2)6-7-14/h4-5,8,16H,3,6-7,9,15H2,1-2H3. The van der Waals surface area contributed by atoms with E-state index in [-0.39, 0.29) is 5.97 Å². The molecule has 0 radical (unpaired) electrons. The lowest BCUT2D eigenvalue weighted by Gasteiger charge is -2.14. The lowest BCUT2D eigenvalue weighted by Crippen LogP contribution is -2.13. The molecule has 0 spiro atoms. The first-order chi connectivity index (χ1) is 8.54. The summed E-state index contributed by atoms with van der Waals surface area (Å²) < 4.78 is 4.93. The summed E-state index contributed by atoms with van der Waals surface area (Å²) >= 11 is 0. The van der Waals surface area contributed by atoms with Crippen LogP contribution in [0.15, 0.2) is 18.2 Å². The zero-order valence-electron chi connectivity index (χ0n) is 11.0. The number of carbonyl (C=O) groups is 1. The Balaban J connectivity index is 2.02. The molecule has 0 bridgehead atoms. The molecule has 98 valence electrons. The third kappa shape index (κ3) is 2.94. The first-order valence-electron chi connectivity index (χ1n) is 6.34. The fourth-order valence-corrected chi connectivity index (χ4v) is 1.76. The van der Waals surface area contributed by atoms with Crippen molar-refractivity contribution >= 4 is 17.3 Å². The summed E-state index contributed by atoms with van der Waals surface area (Å²) in [7, 11) is 0. The smallest absolute Gasteiger partial charge is 0.338 e. The molecule has 4 heteroatoms. The van der Waals surface area contributed by atoms with Crippen LogP contribution in [0.1, 0.15) is 37.0 Å². The lowest BCUT2D eigenvalue weighted by atomic mass is 10.1. The van der Waals surface area contributed by atoms with E-state index in [9.17, 15) is 4.79 Å². The Morgan fingerprint density at radius 2 is 2.22 bits per heavy atom. The summed E-state index contributed by atoms with van der Waals surface area (Å²) in [5.74, 6) is -0.329. The number of ether oxygens (including phenoxy) is 1. The molecule has 0 aliphatic heterocycles. The van der Waals surface area contributed by atoms with Crippen LogP contribution in [0.3, 0.4) is 0 Å². The van der Waals surface area contributed by atoms with Crippen molar-refractivity contribution in [1.82, 2.24) is 0 Å². The van der Waals surface area contributed by atoms with Crippen LogP contribution in [0.4, 0.5) is 11.4 Å².